The molecule has 5 aromatic rings. The Kier molecular flexibility index (Phi) is 6.45. The van der Waals surface area contributed by atoms with E-state index >= 15 is 0 Å². The molecule has 37 heavy (non-hydrogen) atoms. The van der Waals surface area contributed by atoms with E-state index < -0.39 is 17.4 Å². The number of fused-ring (bicyclic) bond motifs is 2. The van der Waals surface area contributed by atoms with Gasteiger partial charge in [0.1, 0.15) is 27.7 Å². The standard InChI is InChI=1S/C28H21NO7S/c1-4-34-28(32)25-22(26-29-19-10-5-6-11-21(19)37-26)23(30)18-12-13-20(15(2)24(18)36-25)35-27(31)16-8-7-9-17(14-16)33-3/h5-14H,4H2,1-3H3. The number of nitrogens with zero attached hydrogens (tertiary/aromatic N) is 1. The lowest BCUT2D eigenvalue weighted by Gasteiger charge is -2.12. The zero-order chi connectivity index (χ0) is 26.1. The zero-order valence-corrected chi connectivity index (χ0v) is 21.0. The SMILES string of the molecule is CCOC(=O)c1oc2c(C)c(OC(=O)c3cccc(OC)c3)ccc2c(=O)c1-c1nc2ccccc2s1. The van der Waals surface area contributed by atoms with E-state index in [9.17, 15) is 14.4 Å². The molecule has 0 N–H and O–H groups in total. The Morgan fingerprint density at radius 3 is 2.59 bits per heavy atom. The van der Waals surface area contributed by atoms with E-state index in [0.717, 1.165) is 4.70 Å². The topological polar surface area (TPSA) is 105 Å². The summed E-state index contributed by atoms with van der Waals surface area (Å²) in [7, 11) is 1.50. The van der Waals surface area contributed by atoms with Crippen LogP contribution in [-0.2, 0) is 4.74 Å². The second-order valence-electron chi connectivity index (χ2n) is 8.03. The normalized spacial score (nSPS) is 11.0. The number of benzene rings is 3. The predicted molar refractivity (Wildman–Crippen MR) is 140 cm³/mol. The van der Waals surface area contributed by atoms with Crippen LogP contribution in [0.15, 0.2) is 69.9 Å². The number of rotatable bonds is 6. The molecular formula is C28H21NO7S. The number of para-hydroxylation sites is 1. The lowest BCUT2D eigenvalue weighted by molar-refractivity contribution is 0.0491. The van der Waals surface area contributed by atoms with Gasteiger partial charge in [-0.1, -0.05) is 18.2 Å². The molecular weight excluding hydrogens is 494 g/mol. The Balaban J connectivity index is 1.64. The van der Waals surface area contributed by atoms with Crippen molar-refractivity contribution in [2.45, 2.75) is 13.8 Å². The Hall–Kier alpha value is -4.50. The third kappa shape index (κ3) is 4.45. The van der Waals surface area contributed by atoms with Gasteiger partial charge in [0.2, 0.25) is 11.2 Å². The van der Waals surface area contributed by atoms with Crippen LogP contribution in [-0.4, -0.2) is 30.6 Å². The van der Waals surface area contributed by atoms with Gasteiger partial charge in [-0.2, -0.15) is 0 Å². The number of hydrogen-bond acceptors (Lipinski definition) is 9. The molecule has 2 aromatic heterocycles. The van der Waals surface area contributed by atoms with Crippen molar-refractivity contribution in [2.24, 2.45) is 0 Å². The first-order chi connectivity index (χ1) is 17.9. The number of hydrogen-bond donors (Lipinski definition) is 0. The third-order valence-corrected chi connectivity index (χ3v) is 6.79. The van der Waals surface area contributed by atoms with Crippen LogP contribution in [0.4, 0.5) is 0 Å². The second kappa shape index (κ2) is 9.87. The highest BCUT2D eigenvalue weighted by atomic mass is 32.1. The molecule has 2 heterocycles. The van der Waals surface area contributed by atoms with Gasteiger partial charge in [-0.15, -0.1) is 11.3 Å². The number of carbonyl (C=O) groups excluding carboxylic acids is 2. The van der Waals surface area contributed by atoms with Crippen LogP contribution in [0, 0.1) is 6.92 Å². The van der Waals surface area contributed by atoms with Crippen LogP contribution in [0.2, 0.25) is 0 Å². The minimum absolute atomic E-state index is 0.0349. The molecule has 0 aliphatic carbocycles. The van der Waals surface area contributed by atoms with Gasteiger partial charge in [0.05, 0.1) is 34.9 Å². The van der Waals surface area contributed by atoms with Gasteiger partial charge in [0, 0.05) is 5.56 Å². The van der Waals surface area contributed by atoms with Crippen molar-refractivity contribution in [3.05, 3.63) is 87.8 Å². The first-order valence-electron chi connectivity index (χ1n) is 11.4. The monoisotopic (exact) mass is 515 g/mol. The number of methoxy groups -OCH3 is 1. The molecule has 186 valence electrons. The predicted octanol–water partition coefficient (Wildman–Crippen LogP) is 5.78. The van der Waals surface area contributed by atoms with Crippen LogP contribution in [0.1, 0.15) is 33.4 Å². The molecule has 0 saturated carbocycles. The maximum atomic E-state index is 13.7. The molecule has 0 aliphatic heterocycles. The van der Waals surface area contributed by atoms with Crippen molar-refractivity contribution < 1.29 is 28.2 Å². The molecule has 0 radical (unpaired) electrons. The highest BCUT2D eigenvalue weighted by molar-refractivity contribution is 7.21. The third-order valence-electron chi connectivity index (χ3n) is 5.74. The zero-order valence-electron chi connectivity index (χ0n) is 20.2. The van der Waals surface area contributed by atoms with E-state index in [2.05, 4.69) is 4.98 Å². The number of aryl methyl sites for hydroxylation is 1. The van der Waals surface area contributed by atoms with Gasteiger partial charge in [-0.3, -0.25) is 4.79 Å². The Morgan fingerprint density at radius 1 is 1.03 bits per heavy atom. The Bertz CT molecular complexity index is 1700. The van der Waals surface area contributed by atoms with Crippen molar-refractivity contribution >= 4 is 44.5 Å². The second-order valence-corrected chi connectivity index (χ2v) is 9.06. The van der Waals surface area contributed by atoms with Gasteiger partial charge in [-0.25, -0.2) is 14.6 Å². The minimum Gasteiger partial charge on any atom is -0.497 e. The van der Waals surface area contributed by atoms with E-state index in [1.165, 1.54) is 30.6 Å². The summed E-state index contributed by atoms with van der Waals surface area (Å²) in [6, 6.07) is 17.0. The maximum absolute atomic E-state index is 13.7. The summed E-state index contributed by atoms with van der Waals surface area (Å²) in [5, 5.41) is 0.576. The van der Waals surface area contributed by atoms with Gasteiger partial charge in [0.25, 0.3) is 0 Å². The Morgan fingerprint density at radius 2 is 1.84 bits per heavy atom. The van der Waals surface area contributed by atoms with Crippen molar-refractivity contribution in [1.29, 1.82) is 0 Å². The van der Waals surface area contributed by atoms with Crippen molar-refractivity contribution in [3.63, 3.8) is 0 Å². The summed E-state index contributed by atoms with van der Waals surface area (Å²) < 4.78 is 22.8. The molecule has 0 aliphatic rings. The molecule has 0 unspecified atom stereocenters. The first kappa shape index (κ1) is 24.2. The molecule has 0 atom stereocenters. The average molecular weight is 516 g/mol. The van der Waals surface area contributed by atoms with E-state index in [-0.39, 0.29) is 34.6 Å². The lowest BCUT2D eigenvalue weighted by atomic mass is 10.1. The summed E-state index contributed by atoms with van der Waals surface area (Å²) in [6.07, 6.45) is 0. The first-order valence-corrected chi connectivity index (χ1v) is 12.2. The quantitative estimate of drug-likeness (QED) is 0.207. The lowest BCUT2D eigenvalue weighted by Crippen LogP contribution is -2.16. The molecule has 0 saturated heterocycles. The van der Waals surface area contributed by atoms with E-state index in [0.29, 0.717) is 27.4 Å². The molecule has 9 heteroatoms. The number of carbonyl (C=O) groups is 2. The Labute approximate surface area is 215 Å². The van der Waals surface area contributed by atoms with Crippen molar-refractivity contribution in [1.82, 2.24) is 4.98 Å². The molecule has 0 spiro atoms. The van der Waals surface area contributed by atoms with E-state index in [1.54, 1.807) is 38.1 Å². The highest BCUT2D eigenvalue weighted by Gasteiger charge is 2.27. The maximum Gasteiger partial charge on any atom is 0.375 e. The smallest absolute Gasteiger partial charge is 0.375 e. The summed E-state index contributed by atoms with van der Waals surface area (Å²) >= 11 is 1.28. The fraction of sp³-hybridized carbons (Fsp3) is 0.143. The van der Waals surface area contributed by atoms with Crippen molar-refractivity contribution in [3.8, 4) is 22.1 Å². The van der Waals surface area contributed by atoms with Gasteiger partial charge >= 0.3 is 11.9 Å². The number of thiazole rings is 1. The fourth-order valence-electron chi connectivity index (χ4n) is 3.91. The van der Waals surface area contributed by atoms with Gasteiger partial charge in [-0.05, 0) is 56.3 Å². The average Bonchev–Trinajstić information content (AvgIpc) is 3.34. The highest BCUT2D eigenvalue weighted by Crippen LogP contribution is 2.34. The largest absolute Gasteiger partial charge is 0.497 e. The summed E-state index contributed by atoms with van der Waals surface area (Å²) in [6.45, 7) is 3.40. The molecule has 5 rings (SSSR count). The number of aromatic nitrogens is 1. The van der Waals surface area contributed by atoms with Crippen LogP contribution in [0.25, 0.3) is 31.8 Å². The van der Waals surface area contributed by atoms with Crippen molar-refractivity contribution in [2.75, 3.05) is 13.7 Å². The van der Waals surface area contributed by atoms with Crippen LogP contribution in [0.3, 0.4) is 0 Å². The van der Waals surface area contributed by atoms with Gasteiger partial charge < -0.3 is 18.6 Å². The summed E-state index contributed by atoms with van der Waals surface area (Å²) in [5.74, 6) is -0.949. The van der Waals surface area contributed by atoms with Crippen LogP contribution in [0.5, 0.6) is 11.5 Å². The van der Waals surface area contributed by atoms with E-state index in [4.69, 9.17) is 18.6 Å². The van der Waals surface area contributed by atoms with E-state index in [1.807, 2.05) is 24.3 Å². The minimum atomic E-state index is -0.783. The molecule has 3 aromatic carbocycles. The summed E-state index contributed by atoms with van der Waals surface area (Å²) in [5.41, 5.74) is 1.09. The van der Waals surface area contributed by atoms with Gasteiger partial charge in [0.15, 0.2) is 0 Å². The molecule has 8 nitrogen and oxygen atoms in total. The fourth-order valence-corrected chi connectivity index (χ4v) is 4.91. The molecule has 0 amide bonds. The number of ether oxygens (including phenoxy) is 3. The number of esters is 2. The molecule has 0 bridgehead atoms. The summed E-state index contributed by atoms with van der Waals surface area (Å²) in [4.78, 5) is 43.9. The van der Waals surface area contributed by atoms with Crippen LogP contribution < -0.4 is 14.9 Å². The van der Waals surface area contributed by atoms with Crippen LogP contribution >= 0.6 is 11.3 Å². The molecule has 0 fully saturated rings.